The number of sulfonamides is 1. The third kappa shape index (κ3) is 4.47. The third-order valence-corrected chi connectivity index (χ3v) is 10.5. The molecule has 1 fully saturated rings. The number of pyridine rings is 3. The molecule has 7 rings (SSSR count). The second kappa shape index (κ2) is 11.4. The maximum Gasteiger partial charge on any atom is 0.273 e. The van der Waals surface area contributed by atoms with Gasteiger partial charge in [0.05, 0.1) is 29.9 Å². The predicted molar refractivity (Wildman–Crippen MR) is 172 cm³/mol. The normalized spacial score (nSPS) is 18.4. The van der Waals surface area contributed by atoms with Gasteiger partial charge in [-0.05, 0) is 54.6 Å². The van der Waals surface area contributed by atoms with Crippen molar-refractivity contribution in [3.05, 3.63) is 113 Å². The van der Waals surface area contributed by atoms with E-state index >= 15 is 4.79 Å². The number of methoxy groups -OCH3 is 1. The molecule has 11 nitrogen and oxygen atoms in total. The second-order valence-electron chi connectivity index (χ2n) is 10.8. The molecule has 2 aromatic carbocycles. The standard InChI is InChI=1S/C33H26ClN7O4S/c1-45-31-25(8-10-29(34)38-31)33(40-18-16-39(17-19-40)24-11-14-36-15-12-24)26-20-22(21-35)7-9-27(26)41(32(33)42)46(43,44)28-6-2-4-23-5-3-13-37-30(23)28/h2-15,20H,16-19H2,1H3. The van der Waals surface area contributed by atoms with E-state index in [1.54, 1.807) is 54.9 Å². The second-order valence-corrected chi connectivity index (χ2v) is 13.0. The van der Waals surface area contributed by atoms with E-state index in [-0.39, 0.29) is 32.7 Å². The van der Waals surface area contributed by atoms with E-state index in [2.05, 4.69) is 25.9 Å². The predicted octanol–water partition coefficient (Wildman–Crippen LogP) is 4.36. The lowest BCUT2D eigenvalue weighted by atomic mass is 9.81. The number of carbonyl (C=O) groups is 1. The fraction of sp³-hybridized carbons (Fsp3) is 0.182. The number of nitrogens with zero attached hydrogens (tertiary/aromatic N) is 7. The number of para-hydroxylation sites is 1. The molecule has 0 radical (unpaired) electrons. The van der Waals surface area contributed by atoms with Gasteiger partial charge in [-0.2, -0.15) is 5.26 Å². The lowest BCUT2D eigenvalue weighted by Gasteiger charge is -2.45. The van der Waals surface area contributed by atoms with Crippen molar-refractivity contribution in [1.82, 2.24) is 19.9 Å². The Morgan fingerprint density at radius 3 is 2.43 bits per heavy atom. The Balaban J connectivity index is 1.46. The number of aromatic nitrogens is 3. The van der Waals surface area contributed by atoms with Crippen molar-refractivity contribution in [2.24, 2.45) is 0 Å². The number of anilines is 2. The van der Waals surface area contributed by atoms with Crippen LogP contribution in [0.2, 0.25) is 5.15 Å². The summed E-state index contributed by atoms with van der Waals surface area (Å²) >= 11 is 6.28. The van der Waals surface area contributed by atoms with Crippen molar-refractivity contribution in [3.8, 4) is 11.9 Å². The molecule has 2 aliphatic rings. The summed E-state index contributed by atoms with van der Waals surface area (Å²) in [4.78, 5) is 32.2. The van der Waals surface area contributed by atoms with Gasteiger partial charge in [-0.25, -0.2) is 17.7 Å². The summed E-state index contributed by atoms with van der Waals surface area (Å²) < 4.78 is 36.0. The number of piperazine rings is 1. The van der Waals surface area contributed by atoms with Crippen molar-refractivity contribution >= 4 is 49.8 Å². The molecule has 0 N–H and O–H groups in total. The number of benzene rings is 2. The summed E-state index contributed by atoms with van der Waals surface area (Å²) in [7, 11) is -3.12. The molecule has 13 heteroatoms. The van der Waals surface area contributed by atoms with E-state index in [4.69, 9.17) is 16.3 Å². The van der Waals surface area contributed by atoms with Crippen LogP contribution in [0.4, 0.5) is 11.4 Å². The molecule has 230 valence electrons. The minimum absolute atomic E-state index is 0.0665. The zero-order valence-corrected chi connectivity index (χ0v) is 26.1. The molecular formula is C33H26ClN7O4S. The molecule has 0 saturated carbocycles. The van der Waals surface area contributed by atoms with Gasteiger partial charge in [0.25, 0.3) is 15.9 Å². The van der Waals surface area contributed by atoms with Crippen molar-refractivity contribution in [2.45, 2.75) is 10.4 Å². The van der Waals surface area contributed by atoms with E-state index in [0.717, 1.165) is 9.99 Å². The SMILES string of the molecule is COc1nc(Cl)ccc1C1(N2CCN(c3ccncc3)CC2)C(=O)N(S(=O)(=O)c2cccc3cccnc23)c2ccc(C#N)cc21. The molecule has 3 aromatic heterocycles. The van der Waals surface area contributed by atoms with Crippen LogP contribution >= 0.6 is 11.6 Å². The third-order valence-electron chi connectivity index (χ3n) is 8.53. The Hall–Kier alpha value is -5.09. The average molecular weight is 652 g/mol. The van der Waals surface area contributed by atoms with Crippen LogP contribution in [-0.4, -0.2) is 67.5 Å². The van der Waals surface area contributed by atoms with Crippen molar-refractivity contribution < 1.29 is 17.9 Å². The molecule has 5 aromatic rings. The lowest BCUT2D eigenvalue weighted by molar-refractivity contribution is -0.127. The summed E-state index contributed by atoms with van der Waals surface area (Å²) in [5, 5.41) is 10.7. The highest BCUT2D eigenvalue weighted by Crippen LogP contribution is 2.53. The van der Waals surface area contributed by atoms with Crippen LogP contribution in [0.25, 0.3) is 10.9 Å². The summed E-state index contributed by atoms with van der Waals surface area (Å²) in [6.45, 7) is 1.77. The number of halogens is 1. The van der Waals surface area contributed by atoms with Crippen LogP contribution in [0.15, 0.2) is 96.3 Å². The topological polar surface area (TPSA) is 133 Å². The molecule has 0 aliphatic carbocycles. The van der Waals surface area contributed by atoms with Crippen molar-refractivity contribution in [2.75, 3.05) is 42.5 Å². The number of ether oxygens (including phenoxy) is 1. The molecule has 2 aliphatic heterocycles. The number of hydrogen-bond acceptors (Lipinski definition) is 10. The highest BCUT2D eigenvalue weighted by atomic mass is 35.5. The number of carbonyl (C=O) groups excluding carboxylic acids is 1. The van der Waals surface area contributed by atoms with Crippen LogP contribution in [0.3, 0.4) is 0 Å². The number of hydrogen-bond donors (Lipinski definition) is 0. The van der Waals surface area contributed by atoms with Gasteiger partial charge < -0.3 is 9.64 Å². The lowest BCUT2D eigenvalue weighted by Crippen LogP contribution is -2.60. The highest BCUT2D eigenvalue weighted by Gasteiger charge is 2.61. The van der Waals surface area contributed by atoms with Gasteiger partial charge in [0.15, 0.2) is 5.54 Å². The van der Waals surface area contributed by atoms with Gasteiger partial charge in [0.1, 0.15) is 10.0 Å². The molecular weight excluding hydrogens is 626 g/mol. The Bertz CT molecular complexity index is 2150. The fourth-order valence-electron chi connectivity index (χ4n) is 6.51. The van der Waals surface area contributed by atoms with Gasteiger partial charge in [-0.1, -0.05) is 29.8 Å². The van der Waals surface area contributed by atoms with Gasteiger partial charge >= 0.3 is 0 Å². The fourth-order valence-corrected chi connectivity index (χ4v) is 8.28. The molecule has 1 saturated heterocycles. The first-order valence-electron chi connectivity index (χ1n) is 14.4. The van der Waals surface area contributed by atoms with Crippen LogP contribution in [0, 0.1) is 11.3 Å². The first-order chi connectivity index (χ1) is 22.3. The van der Waals surface area contributed by atoms with Crippen LogP contribution in [-0.2, 0) is 20.4 Å². The Morgan fingerprint density at radius 2 is 1.70 bits per heavy atom. The minimum Gasteiger partial charge on any atom is -0.481 e. The maximum atomic E-state index is 15.3. The molecule has 46 heavy (non-hydrogen) atoms. The van der Waals surface area contributed by atoms with Gasteiger partial charge in [0, 0.05) is 67.0 Å². The maximum absolute atomic E-state index is 15.3. The summed E-state index contributed by atoms with van der Waals surface area (Å²) in [5.41, 5.74) is 0.513. The number of nitriles is 1. The van der Waals surface area contributed by atoms with E-state index in [1.165, 1.54) is 31.5 Å². The van der Waals surface area contributed by atoms with E-state index in [9.17, 15) is 13.7 Å². The quantitative estimate of drug-likeness (QED) is 0.244. The summed E-state index contributed by atoms with van der Waals surface area (Å²) in [5.74, 6) is -0.679. The van der Waals surface area contributed by atoms with E-state index in [1.807, 2.05) is 17.0 Å². The van der Waals surface area contributed by atoms with Gasteiger partial charge in [-0.3, -0.25) is 19.7 Å². The Morgan fingerprint density at radius 1 is 0.935 bits per heavy atom. The zero-order valence-electron chi connectivity index (χ0n) is 24.5. The highest BCUT2D eigenvalue weighted by molar-refractivity contribution is 7.93. The molecule has 1 atom stereocenters. The van der Waals surface area contributed by atoms with Crippen LogP contribution < -0.4 is 13.9 Å². The first-order valence-corrected chi connectivity index (χ1v) is 16.2. The Kier molecular flexibility index (Phi) is 7.32. The average Bonchev–Trinajstić information content (AvgIpc) is 3.36. The largest absolute Gasteiger partial charge is 0.481 e. The van der Waals surface area contributed by atoms with Crippen LogP contribution in [0.1, 0.15) is 16.7 Å². The van der Waals surface area contributed by atoms with Gasteiger partial charge in [-0.15, -0.1) is 0 Å². The van der Waals surface area contributed by atoms with Gasteiger partial charge in [0.2, 0.25) is 5.88 Å². The smallest absolute Gasteiger partial charge is 0.273 e. The number of rotatable bonds is 6. The van der Waals surface area contributed by atoms with Crippen molar-refractivity contribution in [1.29, 1.82) is 5.26 Å². The van der Waals surface area contributed by atoms with E-state index < -0.39 is 21.5 Å². The zero-order chi connectivity index (χ0) is 32.1. The monoisotopic (exact) mass is 651 g/mol. The molecule has 1 amide bonds. The number of amides is 1. The molecule has 5 heterocycles. The molecule has 0 bridgehead atoms. The van der Waals surface area contributed by atoms with E-state index in [0.29, 0.717) is 42.7 Å². The molecule has 1 unspecified atom stereocenters. The summed E-state index contributed by atoms with van der Waals surface area (Å²) in [6, 6.07) is 22.1. The number of fused-ring (bicyclic) bond motifs is 2. The Labute approximate surface area is 270 Å². The first kappa shape index (κ1) is 29.6. The minimum atomic E-state index is -4.54. The molecule has 0 spiro atoms. The van der Waals surface area contributed by atoms with Crippen LogP contribution in [0.5, 0.6) is 5.88 Å². The summed E-state index contributed by atoms with van der Waals surface area (Å²) in [6.07, 6.45) is 4.95. The van der Waals surface area contributed by atoms with Crippen molar-refractivity contribution in [3.63, 3.8) is 0 Å².